The third-order valence-electron chi connectivity index (χ3n) is 6.90. The maximum absolute atomic E-state index is 13.3. The molecule has 0 spiro atoms. The van der Waals surface area contributed by atoms with E-state index in [2.05, 4.69) is 9.80 Å². The molecule has 0 N–H and O–H groups in total. The van der Waals surface area contributed by atoms with Gasteiger partial charge in [-0.05, 0) is 41.4 Å². The third kappa shape index (κ3) is 4.58. The lowest BCUT2D eigenvalue weighted by atomic mass is 10.1. The number of aliphatic imine (C=N–C) groups is 1. The zero-order valence-electron chi connectivity index (χ0n) is 20.0. The number of carbonyl (C=O) groups excluding carboxylic acids is 2. The predicted molar refractivity (Wildman–Crippen MR) is 138 cm³/mol. The number of fused-ring (bicyclic) bond motifs is 1. The van der Waals surface area contributed by atoms with Crippen molar-refractivity contribution in [2.24, 2.45) is 4.99 Å². The lowest BCUT2D eigenvalue weighted by molar-refractivity contribution is -0.552. The van der Waals surface area contributed by atoms with Crippen LogP contribution < -0.4 is 4.90 Å². The van der Waals surface area contributed by atoms with E-state index in [1.165, 1.54) is 24.1 Å². The molecule has 3 aliphatic heterocycles. The van der Waals surface area contributed by atoms with Crippen LogP contribution in [0.2, 0.25) is 10.0 Å². The maximum atomic E-state index is 13.3. The van der Waals surface area contributed by atoms with E-state index < -0.39 is 12.1 Å². The van der Waals surface area contributed by atoms with Gasteiger partial charge in [-0.2, -0.15) is 0 Å². The number of hydrogen-bond acceptors (Lipinski definition) is 5. The molecule has 2 aromatic carbocycles. The molecule has 3 heterocycles. The Morgan fingerprint density at radius 3 is 2.36 bits per heavy atom. The van der Waals surface area contributed by atoms with Crippen molar-refractivity contribution in [3.8, 4) is 0 Å². The van der Waals surface area contributed by atoms with Crippen molar-refractivity contribution >= 4 is 52.5 Å². The number of amidine groups is 2. The highest BCUT2D eigenvalue weighted by molar-refractivity contribution is 6.35. The molecular formula is C25H26Cl2FN6O2+. The lowest BCUT2D eigenvalue weighted by Crippen LogP contribution is -2.61. The average molecular weight is 532 g/mol. The minimum atomic E-state index is -0.708. The highest BCUT2D eigenvalue weighted by atomic mass is 35.5. The summed E-state index contributed by atoms with van der Waals surface area (Å²) < 4.78 is 15.2. The third-order valence-corrected chi connectivity index (χ3v) is 7.49. The Morgan fingerprint density at radius 2 is 1.69 bits per heavy atom. The van der Waals surface area contributed by atoms with Crippen LogP contribution in [0.1, 0.15) is 5.56 Å². The number of imide groups is 1. The van der Waals surface area contributed by atoms with Gasteiger partial charge in [-0.3, -0.25) is 19.5 Å². The summed E-state index contributed by atoms with van der Waals surface area (Å²) in [4.78, 5) is 37.6. The number of likely N-dealkylation sites (N-methyl/N-ethyl adjacent to an activating group) is 2. The van der Waals surface area contributed by atoms with Gasteiger partial charge in [-0.25, -0.2) is 13.8 Å². The van der Waals surface area contributed by atoms with Crippen LogP contribution in [0.25, 0.3) is 0 Å². The fourth-order valence-corrected chi connectivity index (χ4v) is 5.28. The Kier molecular flexibility index (Phi) is 6.72. The highest BCUT2D eigenvalue weighted by Crippen LogP contribution is 2.26. The van der Waals surface area contributed by atoms with Gasteiger partial charge < -0.3 is 4.90 Å². The minimum absolute atomic E-state index is 0.250. The zero-order valence-corrected chi connectivity index (χ0v) is 21.5. The Morgan fingerprint density at radius 1 is 1.00 bits per heavy atom. The van der Waals surface area contributed by atoms with Crippen molar-refractivity contribution < 1.29 is 18.6 Å². The van der Waals surface area contributed by atoms with Crippen molar-refractivity contribution in [2.45, 2.75) is 12.6 Å². The summed E-state index contributed by atoms with van der Waals surface area (Å²) in [5, 5.41) is 1.04. The van der Waals surface area contributed by atoms with Gasteiger partial charge in [-0.1, -0.05) is 29.3 Å². The lowest BCUT2D eigenvalue weighted by Gasteiger charge is -2.35. The molecule has 0 aromatic heterocycles. The van der Waals surface area contributed by atoms with Crippen molar-refractivity contribution in [2.75, 3.05) is 51.7 Å². The average Bonchev–Trinajstić information content (AvgIpc) is 3.22. The molecule has 0 aliphatic carbocycles. The number of hydrogen-bond donors (Lipinski definition) is 0. The standard InChI is InChI=1S/C25H26Cl2FN6O2/c1-30-23-22(24(35)31(2)25(30)36)34(14-16-3-4-17(26)13-20(16)27)21(29-23)15-32-9-11-33(12-10-32)19-7-5-18(28)6-8-19/h3-8,13,22H,9-12,14-15H2,1-2H3/q+1. The number of anilines is 1. The second-order valence-corrected chi connectivity index (χ2v) is 9.97. The van der Waals surface area contributed by atoms with Crippen LogP contribution >= 0.6 is 23.2 Å². The summed E-state index contributed by atoms with van der Waals surface area (Å²) in [5.41, 5.74) is 1.80. The van der Waals surface area contributed by atoms with Crippen LogP contribution in [0.15, 0.2) is 47.5 Å². The second kappa shape index (κ2) is 9.80. The van der Waals surface area contributed by atoms with Crippen LogP contribution in [0.4, 0.5) is 14.9 Å². The molecule has 11 heteroatoms. The predicted octanol–water partition coefficient (Wildman–Crippen LogP) is 3.17. The maximum Gasteiger partial charge on any atom is 0.333 e. The normalized spacial score (nSPS) is 20.9. The Balaban J connectivity index is 1.40. The van der Waals surface area contributed by atoms with E-state index in [4.69, 9.17) is 28.2 Å². The first-order chi connectivity index (χ1) is 17.2. The van der Waals surface area contributed by atoms with Crippen LogP contribution in [0.3, 0.4) is 0 Å². The molecule has 2 aromatic rings. The zero-order chi connectivity index (χ0) is 25.6. The van der Waals surface area contributed by atoms with E-state index >= 15 is 0 Å². The first kappa shape index (κ1) is 24.7. The molecule has 36 heavy (non-hydrogen) atoms. The van der Waals surface area contributed by atoms with Gasteiger partial charge in [0.25, 0.3) is 17.8 Å². The van der Waals surface area contributed by atoms with Gasteiger partial charge in [-0.15, -0.1) is 0 Å². The van der Waals surface area contributed by atoms with Crippen molar-refractivity contribution in [3.05, 3.63) is 63.9 Å². The van der Waals surface area contributed by atoms with Gasteiger partial charge in [0.15, 0.2) is 0 Å². The summed E-state index contributed by atoms with van der Waals surface area (Å²) >= 11 is 12.5. The number of rotatable bonds is 5. The van der Waals surface area contributed by atoms with Gasteiger partial charge in [0.05, 0.1) is 0 Å². The minimum Gasteiger partial charge on any atom is -0.369 e. The summed E-state index contributed by atoms with van der Waals surface area (Å²) in [5.74, 6) is 0.561. The number of urea groups is 1. The van der Waals surface area contributed by atoms with Gasteiger partial charge in [0, 0.05) is 61.6 Å². The molecule has 5 rings (SSSR count). The molecule has 8 nitrogen and oxygen atoms in total. The Labute approximate surface area is 218 Å². The number of benzene rings is 2. The molecule has 188 valence electrons. The largest absolute Gasteiger partial charge is 0.369 e. The molecule has 3 aliphatic rings. The molecule has 0 bridgehead atoms. The fraction of sp³-hybridized carbons (Fsp3) is 0.360. The molecule has 2 fully saturated rings. The SMILES string of the molecule is CN1C(=O)C2C(=NC(CN3CCN(c4ccc(F)cc4)CC3)=[N+]2Cc2ccc(Cl)cc2Cl)N(C)C1=O. The van der Waals surface area contributed by atoms with Gasteiger partial charge >= 0.3 is 11.9 Å². The summed E-state index contributed by atoms with van der Waals surface area (Å²) in [6, 6.07) is 10.7. The first-order valence-corrected chi connectivity index (χ1v) is 12.4. The topological polar surface area (TPSA) is 62.5 Å². The number of halogens is 3. The molecule has 1 unspecified atom stereocenters. The number of piperazine rings is 1. The van der Waals surface area contributed by atoms with Gasteiger partial charge in [0.1, 0.15) is 18.9 Å². The van der Waals surface area contributed by atoms with Crippen LogP contribution in [-0.2, 0) is 11.3 Å². The number of nitrogens with zero attached hydrogens (tertiary/aromatic N) is 6. The van der Waals surface area contributed by atoms with E-state index in [9.17, 15) is 14.0 Å². The smallest absolute Gasteiger partial charge is 0.333 e. The number of amides is 3. The van der Waals surface area contributed by atoms with E-state index in [0.29, 0.717) is 34.8 Å². The van der Waals surface area contributed by atoms with Crippen LogP contribution in [0.5, 0.6) is 0 Å². The summed E-state index contributed by atoms with van der Waals surface area (Å²) in [6.45, 7) is 3.97. The summed E-state index contributed by atoms with van der Waals surface area (Å²) in [7, 11) is 3.12. The molecule has 0 radical (unpaired) electrons. The van der Waals surface area contributed by atoms with E-state index in [1.807, 2.05) is 10.6 Å². The van der Waals surface area contributed by atoms with Crippen LogP contribution in [0, 0.1) is 5.82 Å². The molecule has 0 saturated carbocycles. The first-order valence-electron chi connectivity index (χ1n) is 11.7. The number of carbonyl (C=O) groups is 2. The van der Waals surface area contributed by atoms with E-state index in [0.717, 1.165) is 42.3 Å². The second-order valence-electron chi connectivity index (χ2n) is 9.13. The van der Waals surface area contributed by atoms with E-state index in [-0.39, 0.29) is 11.7 Å². The molecular weight excluding hydrogens is 506 g/mol. The molecule has 2 saturated heterocycles. The summed E-state index contributed by atoms with van der Waals surface area (Å²) in [6.07, 6.45) is 0. The van der Waals surface area contributed by atoms with Crippen LogP contribution in [-0.4, -0.2) is 95.7 Å². The van der Waals surface area contributed by atoms with Crippen molar-refractivity contribution in [1.82, 2.24) is 14.7 Å². The quantitative estimate of drug-likeness (QED) is 0.556. The van der Waals surface area contributed by atoms with E-state index in [1.54, 1.807) is 31.3 Å². The molecule has 1 atom stereocenters. The van der Waals surface area contributed by atoms with Crippen molar-refractivity contribution in [3.63, 3.8) is 0 Å². The molecule has 3 amide bonds. The Bertz CT molecular complexity index is 1270. The Hall–Kier alpha value is -3.01. The highest BCUT2D eigenvalue weighted by Gasteiger charge is 2.53. The fourth-order valence-electron chi connectivity index (χ4n) is 4.81. The monoisotopic (exact) mass is 531 g/mol. The van der Waals surface area contributed by atoms with Gasteiger partial charge in [0.2, 0.25) is 0 Å². The van der Waals surface area contributed by atoms with Crippen molar-refractivity contribution in [1.29, 1.82) is 0 Å².